The largest absolute Gasteiger partial charge is 0.489 e. The van der Waals surface area contributed by atoms with Gasteiger partial charge in [0.25, 0.3) is 15.9 Å². The van der Waals surface area contributed by atoms with Crippen molar-refractivity contribution in [1.82, 2.24) is 5.43 Å². The van der Waals surface area contributed by atoms with Crippen molar-refractivity contribution in [2.24, 2.45) is 5.10 Å². The monoisotopic (exact) mass is 547 g/mol. The molecule has 0 saturated carbocycles. The van der Waals surface area contributed by atoms with Gasteiger partial charge in [0, 0.05) is 5.02 Å². The van der Waals surface area contributed by atoms with Crippen LogP contribution in [0.2, 0.25) is 5.02 Å². The van der Waals surface area contributed by atoms with Crippen LogP contribution in [0.1, 0.15) is 16.7 Å². The van der Waals surface area contributed by atoms with Gasteiger partial charge in [-0.05, 0) is 72.6 Å². The van der Waals surface area contributed by atoms with E-state index in [1.54, 1.807) is 48.5 Å². The van der Waals surface area contributed by atoms with E-state index in [1.807, 2.05) is 43.3 Å². The molecule has 0 bridgehead atoms. The van der Waals surface area contributed by atoms with Crippen LogP contribution < -0.4 is 14.5 Å². The highest BCUT2D eigenvalue weighted by Gasteiger charge is 2.27. The van der Waals surface area contributed by atoms with Crippen molar-refractivity contribution in [2.45, 2.75) is 18.4 Å². The van der Waals surface area contributed by atoms with Crippen molar-refractivity contribution in [2.75, 3.05) is 10.8 Å². The minimum absolute atomic E-state index is 0.0564. The Balaban J connectivity index is 1.39. The number of rotatable bonds is 10. The van der Waals surface area contributed by atoms with Gasteiger partial charge in [-0.15, -0.1) is 0 Å². The molecule has 1 amide bonds. The quantitative estimate of drug-likeness (QED) is 0.207. The number of carbonyl (C=O) groups excluding carboxylic acids is 1. The zero-order chi connectivity index (χ0) is 27.0. The predicted molar refractivity (Wildman–Crippen MR) is 150 cm³/mol. The van der Waals surface area contributed by atoms with Gasteiger partial charge in [-0.25, -0.2) is 13.8 Å². The third-order valence-electron chi connectivity index (χ3n) is 5.52. The van der Waals surface area contributed by atoms with Crippen LogP contribution in [0.5, 0.6) is 5.75 Å². The molecule has 0 spiro atoms. The van der Waals surface area contributed by atoms with Crippen LogP contribution in [0.15, 0.2) is 113 Å². The van der Waals surface area contributed by atoms with Crippen LogP contribution in [0, 0.1) is 6.92 Å². The second-order valence-corrected chi connectivity index (χ2v) is 10.7. The number of carbonyl (C=O) groups is 1. The molecule has 0 aliphatic heterocycles. The molecule has 0 atom stereocenters. The number of ether oxygens (including phenoxy) is 1. The van der Waals surface area contributed by atoms with Crippen molar-refractivity contribution >= 4 is 39.4 Å². The number of benzene rings is 4. The van der Waals surface area contributed by atoms with E-state index in [2.05, 4.69) is 10.5 Å². The number of nitrogens with zero attached hydrogens (tertiary/aromatic N) is 2. The number of hydrogen-bond acceptors (Lipinski definition) is 5. The summed E-state index contributed by atoms with van der Waals surface area (Å²) >= 11 is 6.09. The molecule has 0 saturated heterocycles. The summed E-state index contributed by atoms with van der Waals surface area (Å²) in [7, 11) is -4.03. The fourth-order valence-corrected chi connectivity index (χ4v) is 5.13. The van der Waals surface area contributed by atoms with Crippen LogP contribution in [-0.2, 0) is 21.4 Å². The van der Waals surface area contributed by atoms with Gasteiger partial charge in [0.2, 0.25) is 0 Å². The Kier molecular flexibility index (Phi) is 8.78. The molecule has 0 aromatic heterocycles. The van der Waals surface area contributed by atoms with Gasteiger partial charge in [-0.3, -0.25) is 9.10 Å². The first-order valence-corrected chi connectivity index (χ1v) is 13.6. The highest BCUT2D eigenvalue weighted by molar-refractivity contribution is 7.92. The Hall–Kier alpha value is -4.14. The minimum atomic E-state index is -4.03. The number of hydrazone groups is 1. The second-order valence-electron chi connectivity index (χ2n) is 8.44. The van der Waals surface area contributed by atoms with Crippen LogP contribution in [0.3, 0.4) is 0 Å². The molecule has 4 rings (SSSR count). The second kappa shape index (κ2) is 12.4. The fourth-order valence-electron chi connectivity index (χ4n) is 3.51. The lowest BCUT2D eigenvalue weighted by molar-refractivity contribution is -0.119. The minimum Gasteiger partial charge on any atom is -0.489 e. The number of aryl methyl sites for hydroxylation is 1. The zero-order valence-electron chi connectivity index (χ0n) is 20.6. The number of sulfonamides is 1. The van der Waals surface area contributed by atoms with Gasteiger partial charge in [-0.1, -0.05) is 65.7 Å². The first-order chi connectivity index (χ1) is 18.3. The van der Waals surface area contributed by atoms with Crippen molar-refractivity contribution in [1.29, 1.82) is 0 Å². The Labute approximate surface area is 227 Å². The molecule has 0 heterocycles. The van der Waals surface area contributed by atoms with Gasteiger partial charge in [-0.2, -0.15) is 5.10 Å². The molecule has 0 unspecified atom stereocenters. The third-order valence-corrected chi connectivity index (χ3v) is 7.55. The van der Waals surface area contributed by atoms with E-state index in [-0.39, 0.29) is 10.6 Å². The summed E-state index contributed by atoms with van der Waals surface area (Å²) < 4.78 is 33.4. The Morgan fingerprint density at radius 3 is 2.34 bits per heavy atom. The molecular weight excluding hydrogens is 522 g/mol. The van der Waals surface area contributed by atoms with E-state index in [0.717, 1.165) is 15.4 Å². The van der Waals surface area contributed by atoms with E-state index in [0.29, 0.717) is 17.4 Å². The Morgan fingerprint density at radius 2 is 1.66 bits per heavy atom. The van der Waals surface area contributed by atoms with Gasteiger partial charge < -0.3 is 4.74 Å². The van der Waals surface area contributed by atoms with Crippen LogP contribution in [0.4, 0.5) is 5.69 Å². The summed E-state index contributed by atoms with van der Waals surface area (Å²) in [6.45, 7) is 2.01. The number of anilines is 1. The van der Waals surface area contributed by atoms with Crippen molar-refractivity contribution < 1.29 is 17.9 Å². The van der Waals surface area contributed by atoms with E-state index < -0.39 is 22.5 Å². The zero-order valence-corrected chi connectivity index (χ0v) is 22.2. The smallest absolute Gasteiger partial charge is 0.264 e. The van der Waals surface area contributed by atoms with E-state index in [9.17, 15) is 13.2 Å². The third kappa shape index (κ3) is 7.21. The average Bonchev–Trinajstić information content (AvgIpc) is 2.92. The maximum Gasteiger partial charge on any atom is 0.264 e. The van der Waals surface area contributed by atoms with Crippen LogP contribution in [0.25, 0.3) is 0 Å². The van der Waals surface area contributed by atoms with Crippen LogP contribution in [-0.4, -0.2) is 27.1 Å². The number of nitrogens with one attached hydrogen (secondary N) is 1. The molecule has 4 aromatic carbocycles. The molecule has 0 aliphatic rings. The van der Waals surface area contributed by atoms with Crippen LogP contribution >= 0.6 is 11.6 Å². The van der Waals surface area contributed by atoms with Crippen molar-refractivity contribution in [3.63, 3.8) is 0 Å². The molecule has 7 nitrogen and oxygen atoms in total. The molecule has 0 fully saturated rings. The molecular formula is C29H26ClN3O4S. The lowest BCUT2D eigenvalue weighted by Gasteiger charge is -2.23. The van der Waals surface area contributed by atoms with Crippen molar-refractivity contribution in [3.8, 4) is 5.75 Å². The summed E-state index contributed by atoms with van der Waals surface area (Å²) in [6, 6.07) is 29.6. The summed E-state index contributed by atoms with van der Waals surface area (Å²) in [4.78, 5) is 12.7. The summed E-state index contributed by atoms with van der Waals surface area (Å²) in [5.74, 6) is 0.0915. The number of halogens is 1. The molecule has 9 heteroatoms. The standard InChI is InChI=1S/C29H26ClN3O4S/c1-22-10-12-24(13-11-22)21-37-27-16-14-23(15-17-27)19-31-32-29(34)20-33(26-7-5-6-25(30)18-26)38(35,36)28-8-3-2-4-9-28/h2-19H,20-21H2,1H3,(H,32,34). The Bertz CT molecular complexity index is 1510. The molecule has 4 aromatic rings. The highest BCUT2D eigenvalue weighted by Crippen LogP contribution is 2.26. The summed E-state index contributed by atoms with van der Waals surface area (Å²) in [5.41, 5.74) is 5.66. The Morgan fingerprint density at radius 1 is 0.947 bits per heavy atom. The van der Waals surface area contributed by atoms with E-state index >= 15 is 0 Å². The number of hydrogen-bond donors (Lipinski definition) is 1. The molecule has 0 aliphatic carbocycles. The molecule has 194 valence electrons. The molecule has 38 heavy (non-hydrogen) atoms. The van der Waals surface area contributed by atoms with Gasteiger partial charge in [0.15, 0.2) is 0 Å². The topological polar surface area (TPSA) is 88.1 Å². The molecule has 1 N–H and O–H groups in total. The van der Waals surface area contributed by atoms with E-state index in [4.69, 9.17) is 16.3 Å². The SMILES string of the molecule is Cc1ccc(COc2ccc(C=NNC(=O)CN(c3cccc(Cl)c3)S(=O)(=O)c3ccccc3)cc2)cc1. The highest BCUT2D eigenvalue weighted by atomic mass is 35.5. The first kappa shape index (κ1) is 26.9. The fraction of sp³-hybridized carbons (Fsp3) is 0.103. The maximum absolute atomic E-state index is 13.3. The van der Waals surface area contributed by atoms with E-state index in [1.165, 1.54) is 30.0 Å². The maximum atomic E-state index is 13.3. The normalized spacial score (nSPS) is 11.3. The summed E-state index contributed by atoms with van der Waals surface area (Å²) in [5, 5.41) is 4.33. The summed E-state index contributed by atoms with van der Waals surface area (Å²) in [6.07, 6.45) is 1.47. The molecule has 0 radical (unpaired) electrons. The lowest BCUT2D eigenvalue weighted by Crippen LogP contribution is -2.39. The predicted octanol–water partition coefficient (Wildman–Crippen LogP) is 5.57. The average molecular weight is 548 g/mol. The van der Waals surface area contributed by atoms with Gasteiger partial charge >= 0.3 is 0 Å². The lowest BCUT2D eigenvalue weighted by atomic mass is 10.2. The number of amides is 1. The first-order valence-electron chi connectivity index (χ1n) is 11.7. The van der Waals surface area contributed by atoms with Gasteiger partial charge in [0.05, 0.1) is 16.8 Å². The van der Waals surface area contributed by atoms with Gasteiger partial charge in [0.1, 0.15) is 18.9 Å². The van der Waals surface area contributed by atoms with Crippen molar-refractivity contribution in [3.05, 3.63) is 125 Å².